The molecule has 1 fully saturated rings. The summed E-state index contributed by atoms with van der Waals surface area (Å²) in [6, 6.07) is 0.0989. The van der Waals surface area contributed by atoms with Gasteiger partial charge in [0.25, 0.3) is 0 Å². The summed E-state index contributed by atoms with van der Waals surface area (Å²) in [4.78, 5) is 16.8. The van der Waals surface area contributed by atoms with E-state index < -0.39 is 0 Å². The maximum Gasteiger partial charge on any atom is 0.249 e. The predicted molar refractivity (Wildman–Crippen MR) is 57.1 cm³/mol. The Balaban J connectivity index is 2.45. The Morgan fingerprint density at radius 3 is 2.80 bits per heavy atom. The molecule has 0 spiro atoms. The number of hydrogen-bond acceptors (Lipinski definition) is 3. The average Bonchev–Trinajstić information content (AvgIpc) is 2.14. The summed E-state index contributed by atoms with van der Waals surface area (Å²) in [6.45, 7) is 6.40. The first-order valence-corrected chi connectivity index (χ1v) is 5.17. The van der Waals surface area contributed by atoms with E-state index >= 15 is 0 Å². The van der Waals surface area contributed by atoms with Crippen molar-refractivity contribution in [3.8, 4) is 0 Å². The molecule has 1 aliphatic rings. The van der Waals surface area contributed by atoms with Gasteiger partial charge in [-0.05, 0) is 20.8 Å². The summed E-state index contributed by atoms with van der Waals surface area (Å²) < 4.78 is 4.95. The van der Waals surface area contributed by atoms with Gasteiger partial charge in [0.1, 0.15) is 6.10 Å². The van der Waals surface area contributed by atoms with Crippen LogP contribution in [0, 0.1) is 0 Å². The molecular weight excluding hydrogens is 194 g/mol. The van der Waals surface area contributed by atoms with Crippen LogP contribution in [-0.4, -0.2) is 36.8 Å². The van der Waals surface area contributed by atoms with E-state index in [0.29, 0.717) is 13.0 Å². The van der Waals surface area contributed by atoms with Gasteiger partial charge in [-0.15, -0.1) is 0 Å². The van der Waals surface area contributed by atoms with Gasteiger partial charge in [-0.1, -0.05) is 11.6 Å². The molecule has 0 aromatic heterocycles. The van der Waals surface area contributed by atoms with Crippen LogP contribution in [0.25, 0.3) is 0 Å². The third kappa shape index (κ3) is 3.32. The van der Waals surface area contributed by atoms with Crippen molar-refractivity contribution in [2.45, 2.75) is 39.3 Å². The second kappa shape index (κ2) is 5.28. The van der Waals surface area contributed by atoms with E-state index in [4.69, 9.17) is 9.57 Å². The van der Waals surface area contributed by atoms with E-state index in [1.54, 1.807) is 7.11 Å². The summed E-state index contributed by atoms with van der Waals surface area (Å²) >= 11 is 0. The summed E-state index contributed by atoms with van der Waals surface area (Å²) in [7, 11) is 1.62. The van der Waals surface area contributed by atoms with Crippen LogP contribution in [-0.2, 0) is 14.4 Å². The van der Waals surface area contributed by atoms with Crippen molar-refractivity contribution >= 4 is 5.91 Å². The van der Waals surface area contributed by atoms with E-state index in [1.807, 2.05) is 26.8 Å². The maximum atomic E-state index is 11.3. The first-order chi connectivity index (χ1) is 7.04. The van der Waals surface area contributed by atoms with Gasteiger partial charge in [-0.2, -0.15) is 0 Å². The van der Waals surface area contributed by atoms with Crippen molar-refractivity contribution in [3.63, 3.8) is 0 Å². The van der Waals surface area contributed by atoms with Crippen LogP contribution >= 0.6 is 0 Å². The molecule has 15 heavy (non-hydrogen) atoms. The van der Waals surface area contributed by atoms with Gasteiger partial charge in [0.05, 0.1) is 19.1 Å². The van der Waals surface area contributed by atoms with Crippen molar-refractivity contribution in [1.29, 1.82) is 0 Å². The molecule has 86 valence electrons. The molecule has 1 heterocycles. The van der Waals surface area contributed by atoms with Crippen molar-refractivity contribution in [2.24, 2.45) is 0 Å². The monoisotopic (exact) mass is 213 g/mol. The van der Waals surface area contributed by atoms with Crippen molar-refractivity contribution in [1.82, 2.24) is 5.06 Å². The van der Waals surface area contributed by atoms with Crippen molar-refractivity contribution in [2.75, 3.05) is 13.7 Å². The molecule has 0 aromatic rings. The Morgan fingerprint density at radius 1 is 1.67 bits per heavy atom. The summed E-state index contributed by atoms with van der Waals surface area (Å²) in [5, 5.41) is 1.44. The normalized spacial score (nSPS) is 22.3. The zero-order valence-corrected chi connectivity index (χ0v) is 9.82. The minimum Gasteiger partial charge on any atom is -0.382 e. The lowest BCUT2D eigenvalue weighted by Gasteiger charge is -2.38. The highest BCUT2D eigenvalue weighted by Crippen LogP contribution is 2.23. The fourth-order valence-corrected chi connectivity index (χ4v) is 1.53. The number of carbonyl (C=O) groups excluding carboxylic acids is 1. The van der Waals surface area contributed by atoms with Crippen LogP contribution in [0.3, 0.4) is 0 Å². The number of hydrogen-bond donors (Lipinski definition) is 0. The number of carbonyl (C=O) groups is 1. The molecule has 0 bridgehead atoms. The van der Waals surface area contributed by atoms with Gasteiger partial charge in [0.15, 0.2) is 0 Å². The molecule has 1 rings (SSSR count). The van der Waals surface area contributed by atoms with Crippen LogP contribution in [0.5, 0.6) is 0 Å². The lowest BCUT2D eigenvalue weighted by molar-refractivity contribution is -0.242. The van der Waals surface area contributed by atoms with Gasteiger partial charge in [-0.3, -0.25) is 9.63 Å². The highest BCUT2D eigenvalue weighted by atomic mass is 16.7. The molecule has 1 amide bonds. The van der Waals surface area contributed by atoms with Crippen LogP contribution in [0.2, 0.25) is 0 Å². The molecule has 4 nitrogen and oxygen atoms in total. The average molecular weight is 213 g/mol. The lowest BCUT2D eigenvalue weighted by Crippen LogP contribution is -2.53. The number of amides is 1. The topological polar surface area (TPSA) is 38.8 Å². The van der Waals surface area contributed by atoms with Crippen LogP contribution < -0.4 is 0 Å². The Bertz CT molecular complexity index is 259. The second-order valence-corrected chi connectivity index (χ2v) is 4.11. The Kier molecular flexibility index (Phi) is 4.29. The standard InChI is InChI=1S/C11H19NO3/c1-8(2)5-10-6-11(13)12(10)15-9(3)7-14-4/h5,9-10H,6-7H2,1-4H3. The summed E-state index contributed by atoms with van der Waals surface area (Å²) in [5.74, 6) is 0.0421. The third-order valence-electron chi connectivity index (χ3n) is 2.15. The third-order valence-corrected chi connectivity index (χ3v) is 2.15. The number of hydroxylamine groups is 2. The van der Waals surface area contributed by atoms with Gasteiger partial charge in [0.2, 0.25) is 5.91 Å². The number of nitrogens with zero attached hydrogens (tertiary/aromatic N) is 1. The second-order valence-electron chi connectivity index (χ2n) is 4.11. The largest absolute Gasteiger partial charge is 0.382 e. The van der Waals surface area contributed by atoms with Crippen LogP contribution in [0.4, 0.5) is 0 Å². The van der Waals surface area contributed by atoms with Gasteiger partial charge in [0, 0.05) is 7.11 Å². The maximum absolute atomic E-state index is 11.3. The van der Waals surface area contributed by atoms with Gasteiger partial charge in [-0.25, -0.2) is 5.06 Å². The highest BCUT2D eigenvalue weighted by molar-refractivity contribution is 5.82. The van der Waals surface area contributed by atoms with Crippen LogP contribution in [0.1, 0.15) is 27.2 Å². The Labute approximate surface area is 90.8 Å². The number of allylic oxidation sites excluding steroid dienone is 1. The van der Waals surface area contributed by atoms with Crippen LogP contribution in [0.15, 0.2) is 11.6 Å². The molecule has 0 aliphatic carbocycles. The fraction of sp³-hybridized carbons (Fsp3) is 0.727. The summed E-state index contributed by atoms with van der Waals surface area (Å²) in [6.07, 6.45) is 2.50. The molecular formula is C11H19NO3. The van der Waals surface area contributed by atoms with E-state index in [0.717, 1.165) is 0 Å². The van der Waals surface area contributed by atoms with Crippen molar-refractivity contribution < 1.29 is 14.4 Å². The molecule has 1 aliphatic heterocycles. The van der Waals surface area contributed by atoms with Gasteiger partial charge < -0.3 is 4.74 Å². The summed E-state index contributed by atoms with van der Waals surface area (Å²) in [5.41, 5.74) is 1.19. The molecule has 2 unspecified atom stereocenters. The zero-order chi connectivity index (χ0) is 11.4. The molecule has 2 atom stereocenters. The molecule has 4 heteroatoms. The Morgan fingerprint density at radius 2 is 2.33 bits per heavy atom. The molecule has 0 saturated carbocycles. The fourth-order valence-electron chi connectivity index (χ4n) is 1.53. The van der Waals surface area contributed by atoms with Crippen molar-refractivity contribution in [3.05, 3.63) is 11.6 Å². The lowest BCUT2D eigenvalue weighted by atomic mass is 10.0. The number of rotatable bonds is 5. The zero-order valence-electron chi connectivity index (χ0n) is 9.82. The predicted octanol–water partition coefficient (Wildman–Crippen LogP) is 1.52. The molecule has 0 radical (unpaired) electrons. The Hall–Kier alpha value is -0.870. The minimum absolute atomic E-state index is 0.0421. The quantitative estimate of drug-likeness (QED) is 0.513. The molecule has 1 saturated heterocycles. The number of ether oxygens (including phenoxy) is 1. The van der Waals surface area contributed by atoms with E-state index in [2.05, 4.69) is 0 Å². The number of β-lactam (4-membered cyclic amide) rings is 1. The van der Waals surface area contributed by atoms with Gasteiger partial charge >= 0.3 is 0 Å². The number of methoxy groups -OCH3 is 1. The minimum atomic E-state index is -0.0905. The van der Waals surface area contributed by atoms with E-state index in [1.165, 1.54) is 10.6 Å². The SMILES string of the molecule is COCC(C)ON1C(=O)CC1C=C(C)C. The first kappa shape index (κ1) is 12.2. The van der Waals surface area contributed by atoms with E-state index in [9.17, 15) is 4.79 Å². The smallest absolute Gasteiger partial charge is 0.249 e. The molecule has 0 N–H and O–H groups in total. The van der Waals surface area contributed by atoms with E-state index in [-0.39, 0.29) is 18.1 Å². The highest BCUT2D eigenvalue weighted by Gasteiger charge is 2.36. The first-order valence-electron chi connectivity index (χ1n) is 5.17. The molecule has 0 aromatic carbocycles.